The van der Waals surface area contributed by atoms with Gasteiger partial charge in [-0.2, -0.15) is 18.3 Å². The number of halogens is 3. The maximum atomic E-state index is 12.2. The molecule has 5 nitrogen and oxygen atoms in total. The molecule has 8 heteroatoms. The van der Waals surface area contributed by atoms with Crippen LogP contribution >= 0.6 is 0 Å². The molecule has 1 aromatic heterocycles. The van der Waals surface area contributed by atoms with Crippen LogP contribution in [0.3, 0.4) is 0 Å². The Bertz CT molecular complexity index is 875. The van der Waals surface area contributed by atoms with E-state index >= 15 is 0 Å². The molecule has 0 fully saturated rings. The molecule has 1 amide bonds. The van der Waals surface area contributed by atoms with Crippen molar-refractivity contribution in [2.24, 2.45) is 0 Å². The molecule has 1 heterocycles. The third kappa shape index (κ3) is 4.62. The fourth-order valence-electron chi connectivity index (χ4n) is 2.17. The van der Waals surface area contributed by atoms with Gasteiger partial charge in [-0.15, -0.1) is 0 Å². The molecule has 26 heavy (non-hydrogen) atoms. The van der Waals surface area contributed by atoms with E-state index in [0.717, 1.165) is 5.69 Å². The quantitative estimate of drug-likeness (QED) is 0.745. The van der Waals surface area contributed by atoms with Crippen LogP contribution in [0.25, 0.3) is 5.69 Å². The Morgan fingerprint density at radius 1 is 1.04 bits per heavy atom. The van der Waals surface area contributed by atoms with Crippen molar-refractivity contribution in [2.75, 3.05) is 11.9 Å². The van der Waals surface area contributed by atoms with E-state index in [1.165, 1.54) is 24.3 Å². The molecule has 0 aliphatic rings. The number of nitrogens with zero attached hydrogens (tertiary/aromatic N) is 2. The van der Waals surface area contributed by atoms with Gasteiger partial charge < -0.3 is 10.1 Å². The van der Waals surface area contributed by atoms with Gasteiger partial charge in [-0.1, -0.05) is 18.2 Å². The molecule has 0 saturated carbocycles. The van der Waals surface area contributed by atoms with Gasteiger partial charge in [0.05, 0.1) is 5.69 Å². The lowest BCUT2D eigenvalue weighted by Gasteiger charge is -2.09. The van der Waals surface area contributed by atoms with Gasteiger partial charge in [0, 0.05) is 17.8 Å². The van der Waals surface area contributed by atoms with Crippen LogP contribution in [0.1, 0.15) is 10.4 Å². The number of hydrogen-bond donors (Lipinski definition) is 1. The maximum absolute atomic E-state index is 12.2. The van der Waals surface area contributed by atoms with Crippen molar-refractivity contribution in [1.82, 2.24) is 9.78 Å². The Balaban J connectivity index is 1.62. The standard InChI is InChI=1S/C18H14F3N3O2/c19-18(20,21)12-26-15-8-6-13(7-9-15)17(25)22-16-10-11-24(23-16)14-4-2-1-3-5-14/h1-11H,12H2,(H,22,23,25). The summed E-state index contributed by atoms with van der Waals surface area (Å²) in [5.41, 5.74) is 1.12. The molecule has 134 valence electrons. The van der Waals surface area contributed by atoms with E-state index in [-0.39, 0.29) is 11.3 Å². The number of benzene rings is 2. The van der Waals surface area contributed by atoms with Crippen molar-refractivity contribution < 1.29 is 22.7 Å². The first kappa shape index (κ1) is 17.5. The number of rotatable bonds is 5. The molecule has 0 aliphatic carbocycles. The van der Waals surface area contributed by atoms with Crippen LogP contribution in [-0.4, -0.2) is 28.5 Å². The minimum Gasteiger partial charge on any atom is -0.484 e. The van der Waals surface area contributed by atoms with E-state index in [0.29, 0.717) is 5.82 Å². The van der Waals surface area contributed by atoms with Crippen LogP contribution in [-0.2, 0) is 0 Å². The summed E-state index contributed by atoms with van der Waals surface area (Å²) in [6.45, 7) is -1.38. The highest BCUT2D eigenvalue weighted by Gasteiger charge is 2.28. The lowest BCUT2D eigenvalue weighted by Crippen LogP contribution is -2.19. The summed E-state index contributed by atoms with van der Waals surface area (Å²) >= 11 is 0. The molecule has 0 spiro atoms. The van der Waals surface area contributed by atoms with E-state index in [9.17, 15) is 18.0 Å². The molecule has 3 rings (SSSR count). The number of para-hydroxylation sites is 1. The van der Waals surface area contributed by atoms with E-state index in [4.69, 9.17) is 0 Å². The van der Waals surface area contributed by atoms with Gasteiger partial charge in [0.1, 0.15) is 5.75 Å². The van der Waals surface area contributed by atoms with E-state index in [1.807, 2.05) is 30.3 Å². The molecule has 0 aliphatic heterocycles. The third-order valence-corrected chi connectivity index (χ3v) is 3.37. The number of amides is 1. The third-order valence-electron chi connectivity index (χ3n) is 3.37. The molecular formula is C18H14F3N3O2. The first-order valence-corrected chi connectivity index (χ1v) is 7.63. The van der Waals surface area contributed by atoms with Gasteiger partial charge in [-0.05, 0) is 36.4 Å². The average Bonchev–Trinajstić information content (AvgIpc) is 3.09. The zero-order chi connectivity index (χ0) is 18.6. The molecule has 0 unspecified atom stereocenters. The van der Waals surface area contributed by atoms with Crippen LogP contribution in [0.15, 0.2) is 66.9 Å². The molecule has 0 bridgehead atoms. The topological polar surface area (TPSA) is 56.2 Å². The zero-order valence-electron chi connectivity index (χ0n) is 13.4. The van der Waals surface area contributed by atoms with Crippen molar-refractivity contribution in [3.8, 4) is 11.4 Å². The molecule has 2 aromatic carbocycles. The number of ether oxygens (including phenoxy) is 1. The highest BCUT2D eigenvalue weighted by Crippen LogP contribution is 2.19. The lowest BCUT2D eigenvalue weighted by molar-refractivity contribution is -0.153. The number of nitrogens with one attached hydrogen (secondary N) is 1. The Morgan fingerprint density at radius 3 is 2.38 bits per heavy atom. The lowest BCUT2D eigenvalue weighted by atomic mass is 10.2. The number of hydrogen-bond acceptors (Lipinski definition) is 3. The number of carbonyl (C=O) groups is 1. The van der Waals surface area contributed by atoms with E-state index in [2.05, 4.69) is 15.2 Å². The van der Waals surface area contributed by atoms with Crippen molar-refractivity contribution in [3.05, 3.63) is 72.4 Å². The van der Waals surface area contributed by atoms with E-state index in [1.54, 1.807) is 16.9 Å². The predicted molar refractivity (Wildman–Crippen MR) is 89.5 cm³/mol. The first-order chi connectivity index (χ1) is 12.4. The summed E-state index contributed by atoms with van der Waals surface area (Å²) in [5, 5.41) is 6.89. The maximum Gasteiger partial charge on any atom is 0.422 e. The smallest absolute Gasteiger partial charge is 0.422 e. The number of anilines is 1. The van der Waals surface area contributed by atoms with Crippen molar-refractivity contribution in [3.63, 3.8) is 0 Å². The summed E-state index contributed by atoms with van der Waals surface area (Å²) in [7, 11) is 0. The second-order valence-corrected chi connectivity index (χ2v) is 5.36. The Labute approximate surface area is 147 Å². The highest BCUT2D eigenvalue weighted by atomic mass is 19.4. The van der Waals surface area contributed by atoms with Gasteiger partial charge in [0.15, 0.2) is 12.4 Å². The predicted octanol–water partition coefficient (Wildman–Crippen LogP) is 4.07. The van der Waals surface area contributed by atoms with Gasteiger partial charge in [0.25, 0.3) is 5.91 Å². The molecule has 0 atom stereocenters. The van der Waals surface area contributed by atoms with Gasteiger partial charge in [-0.25, -0.2) is 4.68 Å². The van der Waals surface area contributed by atoms with Crippen LogP contribution in [0, 0.1) is 0 Å². The van der Waals surface area contributed by atoms with E-state index < -0.39 is 18.7 Å². The Morgan fingerprint density at radius 2 is 1.73 bits per heavy atom. The normalized spacial score (nSPS) is 11.2. The average molecular weight is 361 g/mol. The zero-order valence-corrected chi connectivity index (χ0v) is 13.4. The van der Waals surface area contributed by atoms with Crippen molar-refractivity contribution in [1.29, 1.82) is 0 Å². The second kappa shape index (κ2) is 7.30. The SMILES string of the molecule is O=C(Nc1ccn(-c2ccccc2)n1)c1ccc(OCC(F)(F)F)cc1. The van der Waals surface area contributed by atoms with Gasteiger partial charge in [0.2, 0.25) is 0 Å². The Hall–Kier alpha value is -3.29. The molecule has 1 N–H and O–H groups in total. The summed E-state index contributed by atoms with van der Waals surface area (Å²) in [4.78, 5) is 12.2. The number of carbonyl (C=O) groups excluding carboxylic acids is 1. The fourth-order valence-corrected chi connectivity index (χ4v) is 2.17. The minimum atomic E-state index is -4.41. The summed E-state index contributed by atoms with van der Waals surface area (Å²) in [6, 6.07) is 16.4. The number of alkyl halides is 3. The molecule has 0 saturated heterocycles. The molecule has 3 aromatic rings. The van der Waals surface area contributed by atoms with Crippen molar-refractivity contribution in [2.45, 2.75) is 6.18 Å². The van der Waals surface area contributed by atoms with Crippen molar-refractivity contribution >= 4 is 11.7 Å². The molecule has 0 radical (unpaired) electrons. The largest absolute Gasteiger partial charge is 0.484 e. The second-order valence-electron chi connectivity index (χ2n) is 5.36. The highest BCUT2D eigenvalue weighted by molar-refractivity contribution is 6.03. The summed E-state index contributed by atoms with van der Waals surface area (Å²) in [5.74, 6) is -0.0332. The summed E-state index contributed by atoms with van der Waals surface area (Å²) < 4.78 is 42.6. The monoisotopic (exact) mass is 361 g/mol. The minimum absolute atomic E-state index is 0.0345. The van der Waals surface area contributed by atoms with Gasteiger partial charge >= 0.3 is 6.18 Å². The first-order valence-electron chi connectivity index (χ1n) is 7.63. The fraction of sp³-hybridized carbons (Fsp3) is 0.111. The Kier molecular flexibility index (Phi) is 4.92. The van der Waals surface area contributed by atoms with Crippen LogP contribution < -0.4 is 10.1 Å². The molecular weight excluding hydrogens is 347 g/mol. The summed E-state index contributed by atoms with van der Waals surface area (Å²) in [6.07, 6.45) is -2.70. The number of aromatic nitrogens is 2. The van der Waals surface area contributed by atoms with Gasteiger partial charge in [-0.3, -0.25) is 4.79 Å². The van der Waals surface area contributed by atoms with Crippen LogP contribution in [0.4, 0.5) is 19.0 Å². The van der Waals surface area contributed by atoms with Crippen LogP contribution in [0.5, 0.6) is 5.75 Å². The van der Waals surface area contributed by atoms with Crippen LogP contribution in [0.2, 0.25) is 0 Å².